The molecule has 0 radical (unpaired) electrons. The molecule has 0 fully saturated rings. The third-order valence-electron chi connectivity index (χ3n) is 2.55. The van der Waals surface area contributed by atoms with Crippen molar-refractivity contribution < 1.29 is 15.4 Å². The van der Waals surface area contributed by atoms with Crippen LogP contribution in [0.1, 0.15) is 24.1 Å². The highest BCUT2D eigenvalue weighted by atomic mass is 79.9. The average molecular weight is 307 g/mol. The maximum atomic E-state index is 9.32. The Morgan fingerprint density at radius 2 is 1.88 bits per heavy atom. The second-order valence-electron chi connectivity index (χ2n) is 3.55. The monoisotopic (exact) mass is 306 g/mol. The van der Waals surface area contributed by atoms with Crippen LogP contribution in [0.25, 0.3) is 0 Å². The van der Waals surface area contributed by atoms with Gasteiger partial charge in [-0.25, -0.2) is 0 Å². The van der Waals surface area contributed by atoms with Gasteiger partial charge in [0.1, 0.15) is 0 Å². The van der Waals surface area contributed by atoms with Crippen LogP contribution in [0.3, 0.4) is 0 Å². The third-order valence-corrected chi connectivity index (χ3v) is 2.55. The number of rotatable bonds is 0. The number of benzene rings is 1. The maximum absolute atomic E-state index is 9.32. The van der Waals surface area contributed by atoms with E-state index in [9.17, 15) is 10.2 Å². The van der Waals surface area contributed by atoms with E-state index in [-0.39, 0.29) is 34.5 Å². The summed E-state index contributed by atoms with van der Waals surface area (Å²) in [6.07, 6.45) is 0.910. The molecule has 1 aliphatic heterocycles. The van der Waals surface area contributed by atoms with Gasteiger partial charge in [0.15, 0.2) is 16.8 Å². The van der Waals surface area contributed by atoms with Crippen molar-refractivity contribution >= 4 is 17.0 Å². The average Bonchev–Trinajstić information content (AvgIpc) is 2.23. The predicted octanol–water partition coefficient (Wildman–Crippen LogP) is 2.02. The van der Waals surface area contributed by atoms with Gasteiger partial charge in [-0.05, 0) is 43.1 Å². The molecule has 1 unspecified atom stereocenters. The van der Waals surface area contributed by atoms with Gasteiger partial charge in [-0.1, -0.05) is 0 Å². The van der Waals surface area contributed by atoms with Gasteiger partial charge in [-0.15, -0.1) is 21.9 Å². The number of fused-ring (bicyclic) bond motifs is 1. The van der Waals surface area contributed by atoms with E-state index in [0.29, 0.717) is 0 Å². The summed E-state index contributed by atoms with van der Waals surface area (Å²) in [5, 5.41) is 29.8. The number of phenols is 2. The van der Waals surface area contributed by atoms with Crippen LogP contribution in [0.15, 0.2) is 17.5 Å². The molecule has 1 aliphatic rings. The molecule has 17 heavy (non-hydrogen) atoms. The van der Waals surface area contributed by atoms with Gasteiger partial charge in [0, 0.05) is 6.04 Å². The topological polar surface area (TPSA) is 102 Å². The Labute approximate surface area is 109 Å². The lowest BCUT2D eigenvalue weighted by Crippen LogP contribution is -2.27. The van der Waals surface area contributed by atoms with Crippen LogP contribution in [-0.4, -0.2) is 22.0 Å². The van der Waals surface area contributed by atoms with Crippen molar-refractivity contribution in [1.29, 1.82) is 0 Å². The smallest absolute Gasteiger partial charge is 0.157 e. The molecule has 0 spiro atoms. The standard InChI is InChI=1S/C10H13NO2.BrH.HNO2/c1-6-8-5-10(13)9(12)4-7(8)2-3-11-6;;2-1-3/h4-6,11-13H,2-3H2,1H3;1H;(H,2,3). The fraction of sp³-hybridized carbons (Fsp3) is 0.400. The Bertz CT molecular complexity index is 387. The van der Waals surface area contributed by atoms with Crippen LogP contribution in [0.5, 0.6) is 11.5 Å². The Kier molecular flexibility index (Phi) is 6.52. The van der Waals surface area contributed by atoms with Crippen molar-refractivity contribution in [2.45, 2.75) is 19.4 Å². The Morgan fingerprint density at radius 1 is 1.35 bits per heavy atom. The highest BCUT2D eigenvalue weighted by Gasteiger charge is 2.17. The number of nitrogens with zero attached hydrogens (tertiary/aromatic N) is 1. The van der Waals surface area contributed by atoms with Crippen LogP contribution in [0, 0.1) is 4.91 Å². The summed E-state index contributed by atoms with van der Waals surface area (Å²) in [6.45, 7) is 2.98. The van der Waals surface area contributed by atoms with Gasteiger partial charge < -0.3 is 20.7 Å². The molecule has 0 aliphatic carbocycles. The minimum atomic E-state index is -0.0331. The second kappa shape index (κ2) is 7.08. The molecule has 4 N–H and O–H groups in total. The van der Waals surface area contributed by atoms with Crippen molar-refractivity contribution in [2.75, 3.05) is 6.54 Å². The van der Waals surface area contributed by atoms with Gasteiger partial charge in [-0.3, -0.25) is 0 Å². The lowest BCUT2D eigenvalue weighted by Gasteiger charge is -2.24. The fourth-order valence-corrected chi connectivity index (χ4v) is 1.79. The van der Waals surface area contributed by atoms with Crippen LogP contribution in [0.2, 0.25) is 0 Å². The first-order valence-corrected chi connectivity index (χ1v) is 4.85. The van der Waals surface area contributed by atoms with Crippen molar-refractivity contribution in [2.24, 2.45) is 5.34 Å². The van der Waals surface area contributed by atoms with E-state index in [2.05, 4.69) is 12.2 Å². The Morgan fingerprint density at radius 3 is 2.47 bits per heavy atom. The second-order valence-corrected chi connectivity index (χ2v) is 3.55. The molecule has 1 atom stereocenters. The molecule has 0 aromatic heterocycles. The van der Waals surface area contributed by atoms with Crippen molar-refractivity contribution in [3.8, 4) is 11.5 Å². The summed E-state index contributed by atoms with van der Waals surface area (Å²) in [6, 6.07) is 3.55. The van der Waals surface area contributed by atoms with Gasteiger partial charge >= 0.3 is 0 Å². The summed E-state index contributed by atoms with van der Waals surface area (Å²) in [5.74, 6) is -0.0536. The Balaban J connectivity index is 0.000000583. The summed E-state index contributed by atoms with van der Waals surface area (Å²) in [5.41, 5.74) is 2.21. The molecule has 0 saturated carbocycles. The normalized spacial score (nSPS) is 16.9. The molecule has 6 nitrogen and oxygen atoms in total. The van der Waals surface area contributed by atoms with Gasteiger partial charge in [-0.2, -0.15) is 0 Å². The van der Waals surface area contributed by atoms with Crippen molar-refractivity contribution in [1.82, 2.24) is 5.32 Å². The fourth-order valence-electron chi connectivity index (χ4n) is 1.79. The first-order chi connectivity index (χ1) is 7.60. The predicted molar refractivity (Wildman–Crippen MR) is 67.8 cm³/mol. The molecule has 1 aromatic carbocycles. The molecule has 0 saturated heterocycles. The van der Waals surface area contributed by atoms with Crippen molar-refractivity contribution in [3.63, 3.8) is 0 Å². The van der Waals surface area contributed by atoms with E-state index < -0.39 is 0 Å². The van der Waals surface area contributed by atoms with Gasteiger partial charge in [0.05, 0.1) is 0 Å². The molecule has 1 heterocycles. The van der Waals surface area contributed by atoms with E-state index in [4.69, 9.17) is 10.1 Å². The van der Waals surface area contributed by atoms with E-state index in [1.54, 1.807) is 12.1 Å². The molecule has 0 bridgehead atoms. The van der Waals surface area contributed by atoms with Gasteiger partial charge in [0.25, 0.3) is 0 Å². The number of halogens is 1. The van der Waals surface area contributed by atoms with Gasteiger partial charge in [0.2, 0.25) is 0 Å². The molecular formula is C10H15BrN2O4. The van der Waals surface area contributed by atoms with Crippen molar-refractivity contribution in [3.05, 3.63) is 28.2 Å². The zero-order valence-electron chi connectivity index (χ0n) is 9.25. The van der Waals surface area contributed by atoms with Crippen LogP contribution < -0.4 is 5.32 Å². The highest BCUT2D eigenvalue weighted by molar-refractivity contribution is 8.93. The minimum Gasteiger partial charge on any atom is -0.504 e. The first-order valence-electron chi connectivity index (χ1n) is 4.85. The first kappa shape index (κ1) is 15.7. The lowest BCUT2D eigenvalue weighted by molar-refractivity contribution is 0.312. The lowest BCUT2D eigenvalue weighted by atomic mass is 9.95. The van der Waals surface area contributed by atoms with E-state index in [0.717, 1.165) is 24.1 Å². The van der Waals surface area contributed by atoms with E-state index in [1.165, 1.54) is 5.34 Å². The van der Waals surface area contributed by atoms with E-state index in [1.807, 2.05) is 0 Å². The summed E-state index contributed by atoms with van der Waals surface area (Å²) in [4.78, 5) is 8.11. The summed E-state index contributed by atoms with van der Waals surface area (Å²) in [7, 11) is 0. The molecule has 1 aromatic rings. The summed E-state index contributed by atoms with van der Waals surface area (Å²) >= 11 is 0. The number of hydrogen-bond acceptors (Lipinski definition) is 5. The summed E-state index contributed by atoms with van der Waals surface area (Å²) < 4.78 is 0. The quantitative estimate of drug-likeness (QED) is 0.334. The number of hydrogen-bond donors (Lipinski definition) is 4. The zero-order valence-corrected chi connectivity index (χ0v) is 11.0. The van der Waals surface area contributed by atoms with E-state index >= 15 is 0 Å². The Hall–Kier alpha value is -1.34. The zero-order chi connectivity index (χ0) is 12.1. The third kappa shape index (κ3) is 3.86. The van der Waals surface area contributed by atoms with Crippen LogP contribution in [-0.2, 0) is 6.42 Å². The minimum absolute atomic E-state index is 0. The number of aromatic hydroxyl groups is 2. The molecule has 7 heteroatoms. The number of nitrogens with one attached hydrogen (secondary N) is 1. The SMILES string of the molecule is Br.CC1NCCc2cc(O)c(O)cc21.O=NO. The molecule has 2 rings (SSSR count). The highest BCUT2D eigenvalue weighted by Crippen LogP contribution is 2.33. The molecule has 0 amide bonds. The molecule has 96 valence electrons. The molecular weight excluding hydrogens is 292 g/mol. The van der Waals surface area contributed by atoms with Crippen LogP contribution >= 0.6 is 17.0 Å². The van der Waals surface area contributed by atoms with Crippen LogP contribution in [0.4, 0.5) is 0 Å². The number of phenolic OH excluding ortho intramolecular Hbond substituents is 2. The maximum Gasteiger partial charge on any atom is 0.157 e. The largest absolute Gasteiger partial charge is 0.504 e.